The maximum absolute atomic E-state index is 5.58. The van der Waals surface area contributed by atoms with Crippen LogP contribution in [0.1, 0.15) is 37.8 Å². The van der Waals surface area contributed by atoms with Gasteiger partial charge in [-0.2, -0.15) is 0 Å². The minimum Gasteiger partial charge on any atom is -0.325 e. The maximum Gasteiger partial charge on any atom is 0.0966 e. The van der Waals surface area contributed by atoms with Crippen molar-refractivity contribution in [3.8, 4) is 0 Å². The molecule has 1 aromatic heterocycles. The molecule has 0 amide bonds. The Bertz CT molecular complexity index is 308. The highest BCUT2D eigenvalue weighted by molar-refractivity contribution is 7.99. The van der Waals surface area contributed by atoms with Crippen LogP contribution in [0.5, 0.6) is 0 Å². The molecule has 0 spiro atoms. The van der Waals surface area contributed by atoms with Crippen molar-refractivity contribution in [2.75, 3.05) is 0 Å². The number of rotatable bonds is 3. The summed E-state index contributed by atoms with van der Waals surface area (Å²) in [5, 5.41) is 1.92. The summed E-state index contributed by atoms with van der Waals surface area (Å²) >= 11 is 1.93. The molecule has 0 bridgehead atoms. The summed E-state index contributed by atoms with van der Waals surface area (Å²) in [5.41, 5.74) is 6.58. The lowest BCUT2D eigenvalue weighted by Gasteiger charge is -2.20. The Morgan fingerprint density at radius 1 is 1.27 bits per heavy atom. The fraction of sp³-hybridized carbons (Fsp3) is 0.583. The third kappa shape index (κ3) is 3.21. The highest BCUT2D eigenvalue weighted by Crippen LogP contribution is 2.32. The van der Waals surface area contributed by atoms with Gasteiger partial charge in [0.2, 0.25) is 0 Å². The minimum absolute atomic E-state index is 0.541. The van der Waals surface area contributed by atoms with Crippen molar-refractivity contribution in [1.29, 1.82) is 0 Å². The number of nitrogens with two attached hydrogens (primary N) is 1. The molecule has 0 radical (unpaired) electrons. The summed E-state index contributed by atoms with van der Waals surface area (Å²) in [4.78, 5) is 4.52. The third-order valence-corrected chi connectivity index (χ3v) is 4.10. The van der Waals surface area contributed by atoms with Gasteiger partial charge in [0.05, 0.1) is 10.7 Å². The normalized spacial score (nSPS) is 17.9. The second kappa shape index (κ2) is 5.52. The fourth-order valence-electron chi connectivity index (χ4n) is 1.99. The van der Waals surface area contributed by atoms with Gasteiger partial charge in [0.15, 0.2) is 0 Å². The Kier molecular flexibility index (Phi) is 4.03. The Hall–Kier alpha value is -0.540. The van der Waals surface area contributed by atoms with Crippen LogP contribution in [0.3, 0.4) is 0 Å². The summed E-state index contributed by atoms with van der Waals surface area (Å²) in [6.07, 6.45) is 6.87. The quantitative estimate of drug-likeness (QED) is 0.854. The van der Waals surface area contributed by atoms with Crippen LogP contribution in [0.15, 0.2) is 23.2 Å². The first-order chi connectivity index (χ1) is 7.38. The van der Waals surface area contributed by atoms with E-state index in [0.717, 1.165) is 16.0 Å². The molecule has 1 aliphatic carbocycles. The summed E-state index contributed by atoms with van der Waals surface area (Å²) in [6.45, 7) is 0.541. The van der Waals surface area contributed by atoms with E-state index in [2.05, 4.69) is 17.1 Å². The van der Waals surface area contributed by atoms with Crippen molar-refractivity contribution in [2.24, 2.45) is 5.73 Å². The zero-order valence-electron chi connectivity index (χ0n) is 8.98. The average Bonchev–Trinajstić information content (AvgIpc) is 2.31. The lowest BCUT2D eigenvalue weighted by molar-refractivity contribution is 0.515. The van der Waals surface area contributed by atoms with Crippen LogP contribution < -0.4 is 5.73 Å². The molecule has 0 unspecified atom stereocenters. The van der Waals surface area contributed by atoms with E-state index in [1.807, 2.05) is 17.8 Å². The molecule has 0 aromatic carbocycles. The van der Waals surface area contributed by atoms with Gasteiger partial charge in [0.1, 0.15) is 0 Å². The van der Waals surface area contributed by atoms with Crippen LogP contribution >= 0.6 is 11.8 Å². The second-order valence-corrected chi connectivity index (χ2v) is 5.37. The lowest BCUT2D eigenvalue weighted by atomic mass is 10.0. The molecule has 2 N–H and O–H groups in total. The first-order valence-electron chi connectivity index (χ1n) is 5.71. The van der Waals surface area contributed by atoms with Crippen molar-refractivity contribution in [2.45, 2.75) is 48.9 Å². The van der Waals surface area contributed by atoms with Crippen LogP contribution in [0, 0.1) is 0 Å². The molecule has 15 heavy (non-hydrogen) atoms. The monoisotopic (exact) mass is 222 g/mol. The number of thioether (sulfide) groups is 1. The molecule has 0 atom stereocenters. The smallest absolute Gasteiger partial charge is 0.0966 e. The predicted octanol–water partition coefficient (Wildman–Crippen LogP) is 2.97. The number of aromatic nitrogens is 1. The van der Waals surface area contributed by atoms with Crippen LogP contribution in [0.4, 0.5) is 0 Å². The molecule has 82 valence electrons. The number of hydrogen-bond acceptors (Lipinski definition) is 3. The second-order valence-electron chi connectivity index (χ2n) is 4.05. The number of pyridine rings is 1. The summed E-state index contributed by atoms with van der Waals surface area (Å²) in [5.74, 6) is 0. The first kappa shape index (κ1) is 11.0. The van der Waals surface area contributed by atoms with Crippen molar-refractivity contribution >= 4 is 11.8 Å². The van der Waals surface area contributed by atoms with Crippen LogP contribution in [0.25, 0.3) is 0 Å². The van der Waals surface area contributed by atoms with Gasteiger partial charge in [0, 0.05) is 11.8 Å². The molecule has 2 nitrogen and oxygen atoms in total. The Labute approximate surface area is 95.7 Å². The largest absolute Gasteiger partial charge is 0.325 e. The van der Waals surface area contributed by atoms with E-state index in [9.17, 15) is 0 Å². The zero-order valence-corrected chi connectivity index (χ0v) is 9.80. The number of nitrogens with zero attached hydrogens (tertiary/aromatic N) is 1. The molecule has 1 aliphatic rings. The molecule has 2 rings (SSSR count). The van der Waals surface area contributed by atoms with Gasteiger partial charge in [-0.1, -0.05) is 25.3 Å². The zero-order chi connectivity index (χ0) is 10.5. The molecule has 1 fully saturated rings. The van der Waals surface area contributed by atoms with E-state index in [4.69, 9.17) is 5.73 Å². The summed E-state index contributed by atoms with van der Waals surface area (Å²) < 4.78 is 0. The average molecular weight is 222 g/mol. The third-order valence-electron chi connectivity index (χ3n) is 2.83. The van der Waals surface area contributed by atoms with Crippen molar-refractivity contribution in [1.82, 2.24) is 4.98 Å². The highest BCUT2D eigenvalue weighted by atomic mass is 32.2. The fourth-order valence-corrected chi connectivity index (χ4v) is 3.23. The van der Waals surface area contributed by atoms with Crippen LogP contribution in [0.2, 0.25) is 0 Å². The Morgan fingerprint density at radius 2 is 2.07 bits per heavy atom. The topological polar surface area (TPSA) is 38.9 Å². The molecular formula is C12H18N2S. The lowest BCUT2D eigenvalue weighted by Crippen LogP contribution is -2.08. The van der Waals surface area contributed by atoms with Crippen molar-refractivity contribution in [3.63, 3.8) is 0 Å². The molecule has 1 aromatic rings. The van der Waals surface area contributed by atoms with Crippen molar-refractivity contribution in [3.05, 3.63) is 23.9 Å². The SMILES string of the molecule is NCc1cccc(SC2CCCCC2)n1. The molecule has 0 aliphatic heterocycles. The van der Waals surface area contributed by atoms with E-state index in [0.29, 0.717) is 6.54 Å². The van der Waals surface area contributed by atoms with Gasteiger partial charge in [-0.25, -0.2) is 4.98 Å². The van der Waals surface area contributed by atoms with Crippen molar-refractivity contribution < 1.29 is 0 Å². The van der Waals surface area contributed by atoms with Gasteiger partial charge in [-0.3, -0.25) is 0 Å². The van der Waals surface area contributed by atoms with E-state index >= 15 is 0 Å². The molecule has 3 heteroatoms. The molecule has 0 saturated heterocycles. The standard InChI is InChI=1S/C12H18N2S/c13-9-10-5-4-8-12(14-10)15-11-6-2-1-3-7-11/h4-5,8,11H,1-3,6-7,9,13H2. The van der Waals surface area contributed by atoms with Gasteiger partial charge >= 0.3 is 0 Å². The van der Waals surface area contributed by atoms with E-state index in [1.54, 1.807) is 0 Å². The van der Waals surface area contributed by atoms with Gasteiger partial charge < -0.3 is 5.73 Å². The molecule has 1 saturated carbocycles. The van der Waals surface area contributed by atoms with Gasteiger partial charge in [0.25, 0.3) is 0 Å². The predicted molar refractivity (Wildman–Crippen MR) is 64.9 cm³/mol. The van der Waals surface area contributed by atoms with E-state index in [1.165, 1.54) is 32.1 Å². The molecule has 1 heterocycles. The minimum atomic E-state index is 0.541. The highest BCUT2D eigenvalue weighted by Gasteiger charge is 2.14. The van der Waals surface area contributed by atoms with Gasteiger partial charge in [-0.05, 0) is 25.0 Å². The number of hydrogen-bond donors (Lipinski definition) is 1. The van der Waals surface area contributed by atoms with E-state index in [-0.39, 0.29) is 0 Å². The first-order valence-corrected chi connectivity index (χ1v) is 6.59. The maximum atomic E-state index is 5.58. The van der Waals surface area contributed by atoms with Crippen LogP contribution in [-0.4, -0.2) is 10.2 Å². The Balaban J connectivity index is 1.96. The van der Waals surface area contributed by atoms with Gasteiger partial charge in [-0.15, -0.1) is 11.8 Å². The van der Waals surface area contributed by atoms with E-state index < -0.39 is 0 Å². The summed E-state index contributed by atoms with van der Waals surface area (Å²) in [7, 11) is 0. The summed E-state index contributed by atoms with van der Waals surface area (Å²) in [6, 6.07) is 6.14. The Morgan fingerprint density at radius 3 is 2.80 bits per heavy atom. The molecular weight excluding hydrogens is 204 g/mol. The van der Waals surface area contributed by atoms with Crippen LogP contribution in [-0.2, 0) is 6.54 Å².